The highest BCUT2D eigenvalue weighted by Crippen LogP contribution is 2.17. The van der Waals surface area contributed by atoms with E-state index in [4.69, 9.17) is 0 Å². The van der Waals surface area contributed by atoms with Gasteiger partial charge in [-0.15, -0.1) is 12.4 Å². The Morgan fingerprint density at radius 3 is 2.45 bits per heavy atom. The first-order valence-corrected chi connectivity index (χ1v) is 8.57. The second-order valence-electron chi connectivity index (χ2n) is 6.24. The van der Waals surface area contributed by atoms with Crippen LogP contribution in [0.25, 0.3) is 0 Å². The smallest absolute Gasteiger partial charge is 0.220 e. The van der Waals surface area contributed by atoms with Crippen LogP contribution in [0, 0.1) is 5.92 Å². The Morgan fingerprint density at radius 2 is 1.90 bits per heavy atom. The Labute approximate surface area is 131 Å². The van der Waals surface area contributed by atoms with Crippen molar-refractivity contribution in [1.82, 2.24) is 10.6 Å². The summed E-state index contributed by atoms with van der Waals surface area (Å²) in [5.74, 6) is 1.34. The summed E-state index contributed by atoms with van der Waals surface area (Å²) < 4.78 is 11.6. The Kier molecular flexibility index (Phi) is 9.68. The van der Waals surface area contributed by atoms with Crippen LogP contribution in [0.5, 0.6) is 0 Å². The van der Waals surface area contributed by atoms with Gasteiger partial charge in [-0.25, -0.2) is 0 Å². The van der Waals surface area contributed by atoms with Crippen molar-refractivity contribution in [3.63, 3.8) is 0 Å². The standard InChI is InChI=1S/C14H28N2O2S.ClH/c1-14(2,3)19(18)11-10-16-13(17)5-4-12-6-8-15-9-7-12;/h12,15H,4-11H2,1-3H3,(H,16,17);1H. The minimum absolute atomic E-state index is 0. The molecule has 1 unspecified atom stereocenters. The third-order valence-electron chi connectivity index (χ3n) is 3.53. The fourth-order valence-corrected chi connectivity index (χ4v) is 3.08. The van der Waals surface area contributed by atoms with E-state index >= 15 is 0 Å². The lowest BCUT2D eigenvalue weighted by atomic mass is 9.93. The number of nitrogens with one attached hydrogen (secondary N) is 2. The SMILES string of the molecule is CC(C)(C)S(=O)CCNC(=O)CCC1CCNCC1.Cl. The lowest BCUT2D eigenvalue weighted by Gasteiger charge is -2.22. The second kappa shape index (κ2) is 9.74. The molecule has 6 heteroatoms. The molecule has 1 aliphatic rings. The number of piperidine rings is 1. The average molecular weight is 325 g/mol. The van der Waals surface area contributed by atoms with Crippen LogP contribution in [-0.4, -0.2) is 40.3 Å². The molecular weight excluding hydrogens is 296 g/mol. The molecule has 1 fully saturated rings. The summed E-state index contributed by atoms with van der Waals surface area (Å²) >= 11 is 0. The predicted octanol–water partition coefficient (Wildman–Crippen LogP) is 1.85. The van der Waals surface area contributed by atoms with E-state index in [9.17, 15) is 9.00 Å². The van der Waals surface area contributed by atoms with Crippen LogP contribution < -0.4 is 10.6 Å². The minimum atomic E-state index is -0.885. The van der Waals surface area contributed by atoms with Crippen LogP contribution >= 0.6 is 12.4 Å². The number of amides is 1. The van der Waals surface area contributed by atoms with Gasteiger partial charge in [-0.1, -0.05) is 0 Å². The van der Waals surface area contributed by atoms with Gasteiger partial charge in [-0.3, -0.25) is 9.00 Å². The van der Waals surface area contributed by atoms with Crippen molar-refractivity contribution in [3.05, 3.63) is 0 Å². The fraction of sp³-hybridized carbons (Fsp3) is 0.929. The van der Waals surface area contributed by atoms with Crippen molar-refractivity contribution < 1.29 is 9.00 Å². The maximum absolute atomic E-state index is 11.8. The van der Waals surface area contributed by atoms with Crippen LogP contribution in [0.2, 0.25) is 0 Å². The summed E-state index contributed by atoms with van der Waals surface area (Å²) in [6, 6.07) is 0. The van der Waals surface area contributed by atoms with Gasteiger partial charge in [0, 0.05) is 34.3 Å². The van der Waals surface area contributed by atoms with Crippen molar-refractivity contribution in [2.45, 2.75) is 51.2 Å². The molecule has 1 aliphatic heterocycles. The van der Waals surface area contributed by atoms with Gasteiger partial charge in [0.15, 0.2) is 0 Å². The summed E-state index contributed by atoms with van der Waals surface area (Å²) in [5.41, 5.74) is 0. The highest BCUT2D eigenvalue weighted by atomic mass is 35.5. The van der Waals surface area contributed by atoms with Gasteiger partial charge in [0.1, 0.15) is 0 Å². The third kappa shape index (κ3) is 8.22. The molecule has 1 rings (SSSR count). The van der Waals surface area contributed by atoms with Crippen LogP contribution in [0.4, 0.5) is 0 Å². The third-order valence-corrected chi connectivity index (χ3v) is 5.47. The Hall–Kier alpha value is -0.130. The first-order chi connectivity index (χ1) is 8.89. The Bertz CT molecular complexity index is 313. The maximum Gasteiger partial charge on any atom is 0.220 e. The normalized spacial score (nSPS) is 18.1. The first-order valence-electron chi connectivity index (χ1n) is 7.25. The molecule has 1 amide bonds. The van der Waals surface area contributed by atoms with E-state index in [1.807, 2.05) is 20.8 Å². The molecule has 0 radical (unpaired) electrons. The van der Waals surface area contributed by atoms with Crippen molar-refractivity contribution in [3.8, 4) is 0 Å². The fourth-order valence-electron chi connectivity index (χ4n) is 2.18. The van der Waals surface area contributed by atoms with Crippen molar-refractivity contribution in [2.75, 3.05) is 25.4 Å². The number of hydrogen-bond donors (Lipinski definition) is 2. The summed E-state index contributed by atoms with van der Waals surface area (Å²) in [7, 11) is -0.885. The molecule has 0 spiro atoms. The molecule has 0 aliphatic carbocycles. The van der Waals surface area contributed by atoms with E-state index in [0.717, 1.165) is 19.5 Å². The lowest BCUT2D eigenvalue weighted by molar-refractivity contribution is -0.121. The quantitative estimate of drug-likeness (QED) is 0.784. The summed E-state index contributed by atoms with van der Waals surface area (Å²) in [4.78, 5) is 11.7. The highest BCUT2D eigenvalue weighted by Gasteiger charge is 2.19. The number of halogens is 1. The summed E-state index contributed by atoms with van der Waals surface area (Å²) in [5, 5.41) is 6.21. The van der Waals surface area contributed by atoms with Crippen LogP contribution in [0.15, 0.2) is 0 Å². The highest BCUT2D eigenvalue weighted by molar-refractivity contribution is 7.86. The summed E-state index contributed by atoms with van der Waals surface area (Å²) in [6.45, 7) is 8.56. The molecule has 0 aromatic heterocycles. The summed E-state index contributed by atoms with van der Waals surface area (Å²) in [6.07, 6.45) is 3.95. The molecule has 2 N–H and O–H groups in total. The van der Waals surface area contributed by atoms with Gasteiger partial charge in [0.25, 0.3) is 0 Å². The number of rotatable bonds is 6. The van der Waals surface area contributed by atoms with E-state index in [1.165, 1.54) is 12.8 Å². The largest absolute Gasteiger partial charge is 0.355 e. The molecule has 0 aromatic carbocycles. The number of hydrogen-bond acceptors (Lipinski definition) is 3. The van der Waals surface area contributed by atoms with Crippen LogP contribution in [-0.2, 0) is 15.6 Å². The van der Waals surface area contributed by atoms with Gasteiger partial charge < -0.3 is 10.6 Å². The molecular formula is C14H29ClN2O2S. The second-order valence-corrected chi connectivity index (χ2v) is 8.57. The average Bonchev–Trinajstić information content (AvgIpc) is 2.36. The molecule has 120 valence electrons. The van der Waals surface area contributed by atoms with Crippen LogP contribution in [0.1, 0.15) is 46.5 Å². The van der Waals surface area contributed by atoms with Gasteiger partial charge in [-0.05, 0) is 59.0 Å². The molecule has 1 heterocycles. The van der Waals surface area contributed by atoms with Crippen molar-refractivity contribution in [1.29, 1.82) is 0 Å². The number of carbonyl (C=O) groups excluding carboxylic acids is 1. The topological polar surface area (TPSA) is 58.2 Å². The lowest BCUT2D eigenvalue weighted by Crippen LogP contribution is -2.33. The maximum atomic E-state index is 11.8. The van der Waals surface area contributed by atoms with E-state index in [0.29, 0.717) is 24.6 Å². The predicted molar refractivity (Wildman–Crippen MR) is 87.8 cm³/mol. The van der Waals surface area contributed by atoms with E-state index < -0.39 is 10.8 Å². The minimum Gasteiger partial charge on any atom is -0.355 e. The first kappa shape index (κ1) is 19.9. The molecule has 20 heavy (non-hydrogen) atoms. The van der Waals surface area contributed by atoms with Gasteiger partial charge in [-0.2, -0.15) is 0 Å². The van der Waals surface area contributed by atoms with E-state index in [-0.39, 0.29) is 23.1 Å². The molecule has 0 aromatic rings. The number of carbonyl (C=O) groups is 1. The molecule has 0 saturated carbocycles. The molecule has 1 saturated heterocycles. The van der Waals surface area contributed by atoms with Crippen molar-refractivity contribution in [2.24, 2.45) is 5.92 Å². The monoisotopic (exact) mass is 324 g/mol. The Balaban J connectivity index is 0.00000361. The molecule has 0 bridgehead atoms. The molecule has 1 atom stereocenters. The Morgan fingerprint density at radius 1 is 1.30 bits per heavy atom. The van der Waals surface area contributed by atoms with Crippen molar-refractivity contribution >= 4 is 29.1 Å². The zero-order chi connectivity index (χ0) is 14.3. The zero-order valence-electron chi connectivity index (χ0n) is 12.9. The zero-order valence-corrected chi connectivity index (χ0v) is 14.5. The molecule has 4 nitrogen and oxygen atoms in total. The van der Waals surface area contributed by atoms with Crippen LogP contribution in [0.3, 0.4) is 0 Å². The van der Waals surface area contributed by atoms with Gasteiger partial charge in [0.05, 0.1) is 0 Å². The van der Waals surface area contributed by atoms with E-state index in [2.05, 4.69) is 10.6 Å². The van der Waals surface area contributed by atoms with E-state index in [1.54, 1.807) is 0 Å². The van der Waals surface area contributed by atoms with Gasteiger partial charge in [0.2, 0.25) is 5.91 Å². The van der Waals surface area contributed by atoms with Gasteiger partial charge >= 0.3 is 0 Å².